The molecule has 1 aliphatic rings. The molecule has 1 fully saturated rings. The Hall–Kier alpha value is -2.63. The van der Waals surface area contributed by atoms with Crippen molar-refractivity contribution in [3.05, 3.63) is 42.2 Å². The van der Waals surface area contributed by atoms with Gasteiger partial charge in [-0.15, -0.1) is 0 Å². The summed E-state index contributed by atoms with van der Waals surface area (Å²) in [4.78, 5) is 25.3. The maximum atomic E-state index is 12.5. The molecule has 1 aromatic carbocycles. The molecule has 2 aromatic rings. The number of carbonyl (C=O) groups excluding carboxylic acids is 1. The summed E-state index contributed by atoms with van der Waals surface area (Å²) < 4.78 is 5.19. The Kier molecular flexibility index (Phi) is 4.14. The van der Waals surface area contributed by atoms with Crippen LogP contribution in [0.3, 0.4) is 0 Å². The highest BCUT2D eigenvalue weighted by Crippen LogP contribution is 2.26. The molecule has 6 nitrogen and oxygen atoms in total. The van der Waals surface area contributed by atoms with Crippen molar-refractivity contribution in [1.29, 1.82) is 0 Å². The fourth-order valence-electron chi connectivity index (χ4n) is 2.97. The van der Waals surface area contributed by atoms with E-state index in [-0.39, 0.29) is 17.6 Å². The van der Waals surface area contributed by atoms with Crippen LogP contribution in [0.1, 0.15) is 23.9 Å². The zero-order valence-corrected chi connectivity index (χ0v) is 12.8. The highest BCUT2D eigenvalue weighted by molar-refractivity contribution is 5.92. The first-order valence-electron chi connectivity index (χ1n) is 7.60. The number of nitrogens with zero attached hydrogens (tertiary/aromatic N) is 2. The Morgan fingerprint density at radius 1 is 1.30 bits per heavy atom. The molecule has 0 spiro atoms. The summed E-state index contributed by atoms with van der Waals surface area (Å²) in [6, 6.07) is 11.1. The molecule has 1 N–H and O–H groups in total. The third-order valence-corrected chi connectivity index (χ3v) is 4.30. The second-order valence-electron chi connectivity index (χ2n) is 5.90. The first kappa shape index (κ1) is 15.3. The van der Waals surface area contributed by atoms with E-state index < -0.39 is 11.9 Å². The third kappa shape index (κ3) is 3.11. The van der Waals surface area contributed by atoms with Gasteiger partial charge >= 0.3 is 5.97 Å². The fourth-order valence-corrected chi connectivity index (χ4v) is 2.97. The Balaban J connectivity index is 1.72. The number of carbonyl (C=O) groups is 2. The molecule has 3 rings (SSSR count). The molecule has 1 aliphatic heterocycles. The van der Waals surface area contributed by atoms with Crippen LogP contribution in [0.4, 0.5) is 0 Å². The Morgan fingerprint density at radius 2 is 2.04 bits per heavy atom. The number of hydrogen-bond donors (Lipinski definition) is 1. The maximum absolute atomic E-state index is 12.5. The van der Waals surface area contributed by atoms with Gasteiger partial charge < -0.3 is 14.5 Å². The van der Waals surface area contributed by atoms with E-state index in [4.69, 9.17) is 9.63 Å². The van der Waals surface area contributed by atoms with Crippen LogP contribution < -0.4 is 0 Å². The number of carboxylic acids is 1. The van der Waals surface area contributed by atoms with E-state index in [0.29, 0.717) is 25.2 Å². The largest absolute Gasteiger partial charge is 0.481 e. The van der Waals surface area contributed by atoms with Crippen LogP contribution >= 0.6 is 0 Å². The zero-order chi connectivity index (χ0) is 16.4. The number of likely N-dealkylation sites (tertiary alicyclic amines) is 1. The van der Waals surface area contributed by atoms with Gasteiger partial charge in [0.2, 0.25) is 5.76 Å². The van der Waals surface area contributed by atoms with Crippen molar-refractivity contribution >= 4 is 11.9 Å². The lowest BCUT2D eigenvalue weighted by molar-refractivity contribution is -0.145. The second-order valence-corrected chi connectivity index (χ2v) is 5.90. The number of hydrogen-bond acceptors (Lipinski definition) is 4. The van der Waals surface area contributed by atoms with Crippen LogP contribution in [0.15, 0.2) is 40.9 Å². The maximum Gasteiger partial charge on any atom is 0.306 e. The summed E-state index contributed by atoms with van der Waals surface area (Å²) in [5.74, 6) is -1.33. The van der Waals surface area contributed by atoms with Gasteiger partial charge in [-0.2, -0.15) is 0 Å². The summed E-state index contributed by atoms with van der Waals surface area (Å²) in [7, 11) is 0. The Morgan fingerprint density at radius 3 is 2.70 bits per heavy atom. The summed E-state index contributed by atoms with van der Waals surface area (Å²) in [5, 5.41) is 13.1. The van der Waals surface area contributed by atoms with E-state index in [1.54, 1.807) is 11.0 Å². The van der Waals surface area contributed by atoms with E-state index in [2.05, 4.69) is 5.16 Å². The third-order valence-electron chi connectivity index (χ3n) is 4.30. The second kappa shape index (κ2) is 6.24. The van der Waals surface area contributed by atoms with Gasteiger partial charge in [0.1, 0.15) is 5.69 Å². The van der Waals surface area contributed by atoms with Gasteiger partial charge in [0.05, 0.1) is 5.92 Å². The van der Waals surface area contributed by atoms with Gasteiger partial charge in [-0.3, -0.25) is 9.59 Å². The molecule has 0 saturated carbocycles. The zero-order valence-electron chi connectivity index (χ0n) is 12.8. The topological polar surface area (TPSA) is 83.6 Å². The lowest BCUT2D eigenvalue weighted by Crippen LogP contribution is -2.44. The first-order valence-corrected chi connectivity index (χ1v) is 7.60. The van der Waals surface area contributed by atoms with E-state index in [0.717, 1.165) is 5.56 Å². The molecular weight excluding hydrogens is 296 g/mol. The number of aliphatic carboxylic acids is 1. The van der Waals surface area contributed by atoms with Crippen molar-refractivity contribution < 1.29 is 19.2 Å². The monoisotopic (exact) mass is 314 g/mol. The van der Waals surface area contributed by atoms with Gasteiger partial charge in [0, 0.05) is 24.7 Å². The van der Waals surface area contributed by atoms with Crippen LogP contribution in [-0.4, -0.2) is 40.1 Å². The number of amides is 1. The minimum atomic E-state index is -0.796. The quantitative estimate of drug-likeness (QED) is 0.941. The molecule has 0 bridgehead atoms. The van der Waals surface area contributed by atoms with Crippen LogP contribution in [0.25, 0.3) is 11.3 Å². The van der Waals surface area contributed by atoms with E-state index in [1.807, 2.05) is 37.3 Å². The predicted octanol–water partition coefficient (Wildman–Crippen LogP) is 2.52. The van der Waals surface area contributed by atoms with E-state index in [9.17, 15) is 9.59 Å². The molecule has 1 aromatic heterocycles. The molecule has 23 heavy (non-hydrogen) atoms. The lowest BCUT2D eigenvalue weighted by Gasteiger charge is -2.34. The van der Waals surface area contributed by atoms with Crippen molar-refractivity contribution in [1.82, 2.24) is 10.1 Å². The van der Waals surface area contributed by atoms with Gasteiger partial charge in [0.15, 0.2) is 0 Å². The molecular formula is C17H18N2O4. The molecule has 2 heterocycles. The van der Waals surface area contributed by atoms with Crippen LogP contribution in [0.2, 0.25) is 0 Å². The van der Waals surface area contributed by atoms with Crippen molar-refractivity contribution in [2.24, 2.45) is 11.8 Å². The minimum absolute atomic E-state index is 0.0817. The van der Waals surface area contributed by atoms with Gasteiger partial charge in [-0.05, 0) is 12.3 Å². The Bertz CT molecular complexity index is 710. The predicted molar refractivity (Wildman–Crippen MR) is 82.7 cm³/mol. The van der Waals surface area contributed by atoms with Crippen molar-refractivity contribution in [3.63, 3.8) is 0 Å². The van der Waals surface area contributed by atoms with E-state index in [1.165, 1.54) is 0 Å². The van der Waals surface area contributed by atoms with Crippen molar-refractivity contribution in [2.45, 2.75) is 13.3 Å². The number of piperidine rings is 1. The molecule has 2 unspecified atom stereocenters. The van der Waals surface area contributed by atoms with Gasteiger partial charge in [0.25, 0.3) is 5.91 Å². The van der Waals surface area contributed by atoms with Crippen LogP contribution in [-0.2, 0) is 4.79 Å². The number of benzene rings is 1. The van der Waals surface area contributed by atoms with Crippen LogP contribution in [0, 0.1) is 11.8 Å². The smallest absolute Gasteiger partial charge is 0.306 e. The van der Waals surface area contributed by atoms with Crippen molar-refractivity contribution in [3.8, 4) is 11.3 Å². The van der Waals surface area contributed by atoms with Crippen molar-refractivity contribution in [2.75, 3.05) is 13.1 Å². The number of rotatable bonds is 3. The number of aromatic nitrogens is 1. The average molecular weight is 314 g/mol. The average Bonchev–Trinajstić information content (AvgIpc) is 3.04. The SMILES string of the molecule is CC1CN(C(=O)c2cc(-c3ccccc3)no2)CCC1C(=O)O. The lowest BCUT2D eigenvalue weighted by atomic mass is 9.87. The molecule has 1 saturated heterocycles. The Labute approximate surface area is 133 Å². The highest BCUT2D eigenvalue weighted by Gasteiger charge is 2.34. The van der Waals surface area contributed by atoms with E-state index >= 15 is 0 Å². The highest BCUT2D eigenvalue weighted by atomic mass is 16.5. The summed E-state index contributed by atoms with van der Waals surface area (Å²) in [5.41, 5.74) is 1.50. The standard InChI is InChI=1S/C17H18N2O4/c1-11-10-19(8-7-13(11)17(21)22)16(20)15-9-14(18-23-15)12-5-3-2-4-6-12/h2-6,9,11,13H,7-8,10H2,1H3,(H,21,22). The van der Waals surface area contributed by atoms with Crippen LogP contribution in [0.5, 0.6) is 0 Å². The minimum Gasteiger partial charge on any atom is -0.481 e. The first-order chi connectivity index (χ1) is 11.1. The number of carboxylic acid groups (broad SMARTS) is 1. The molecule has 6 heteroatoms. The summed E-state index contributed by atoms with van der Waals surface area (Å²) in [6.45, 7) is 2.69. The molecule has 0 radical (unpaired) electrons. The van der Waals surface area contributed by atoms with Gasteiger partial charge in [-0.1, -0.05) is 42.4 Å². The summed E-state index contributed by atoms with van der Waals surface area (Å²) >= 11 is 0. The molecule has 1 amide bonds. The molecule has 2 atom stereocenters. The molecule has 0 aliphatic carbocycles. The molecule has 120 valence electrons. The fraction of sp³-hybridized carbons (Fsp3) is 0.353. The van der Waals surface area contributed by atoms with Gasteiger partial charge in [-0.25, -0.2) is 0 Å². The summed E-state index contributed by atoms with van der Waals surface area (Å²) in [6.07, 6.45) is 0.460. The normalized spacial score (nSPS) is 21.2.